The molecule has 3 aromatic rings. The van der Waals surface area contributed by atoms with E-state index in [-0.39, 0.29) is 0 Å². The summed E-state index contributed by atoms with van der Waals surface area (Å²) in [4.78, 5) is 8.90. The molecule has 4 nitrogen and oxygen atoms in total. The Balaban J connectivity index is 2.27. The number of fused-ring (bicyclic) bond motifs is 1. The van der Waals surface area contributed by atoms with Crippen molar-refractivity contribution in [2.45, 2.75) is 6.92 Å². The van der Waals surface area contributed by atoms with Crippen LogP contribution in [0, 0.1) is 6.92 Å². The average molecular weight is 239 g/mol. The number of hydrogen-bond acceptors (Lipinski definition) is 3. The van der Waals surface area contributed by atoms with Crippen LogP contribution in [0.2, 0.25) is 0 Å². The molecule has 0 saturated heterocycles. The molecule has 0 spiro atoms. The van der Waals surface area contributed by atoms with E-state index in [0.29, 0.717) is 0 Å². The van der Waals surface area contributed by atoms with Crippen molar-refractivity contribution in [1.82, 2.24) is 14.5 Å². The van der Waals surface area contributed by atoms with Gasteiger partial charge < -0.3 is 4.74 Å². The summed E-state index contributed by atoms with van der Waals surface area (Å²) in [7, 11) is 1.66. The highest BCUT2D eigenvalue weighted by Crippen LogP contribution is 2.22. The fourth-order valence-corrected chi connectivity index (χ4v) is 2.08. The molecular weight excluding hydrogens is 226 g/mol. The standard InChI is InChI=1S/C14H13N3O/c1-10-16-13-7-4-8-15-14(13)17(10)11-5-3-6-12(9-11)18-2/h3-9H,1-2H3. The van der Waals surface area contributed by atoms with Crippen molar-refractivity contribution < 1.29 is 4.74 Å². The van der Waals surface area contributed by atoms with Gasteiger partial charge in [0.1, 0.15) is 17.1 Å². The van der Waals surface area contributed by atoms with Crippen LogP contribution in [-0.2, 0) is 0 Å². The summed E-state index contributed by atoms with van der Waals surface area (Å²) in [6.45, 7) is 1.97. The minimum atomic E-state index is 0.824. The number of imidazole rings is 1. The maximum absolute atomic E-state index is 5.25. The van der Waals surface area contributed by atoms with Gasteiger partial charge in [0.2, 0.25) is 0 Å². The van der Waals surface area contributed by atoms with Crippen LogP contribution < -0.4 is 4.74 Å². The van der Waals surface area contributed by atoms with Gasteiger partial charge in [-0.3, -0.25) is 4.57 Å². The van der Waals surface area contributed by atoms with Gasteiger partial charge in [-0.15, -0.1) is 0 Å². The Hall–Kier alpha value is -2.36. The van der Waals surface area contributed by atoms with Crippen LogP contribution in [0.5, 0.6) is 5.75 Å². The number of ether oxygens (including phenoxy) is 1. The minimum Gasteiger partial charge on any atom is -0.497 e. The lowest BCUT2D eigenvalue weighted by Gasteiger charge is -2.07. The van der Waals surface area contributed by atoms with E-state index in [9.17, 15) is 0 Å². The van der Waals surface area contributed by atoms with Crippen molar-refractivity contribution in [2.75, 3.05) is 7.11 Å². The lowest BCUT2D eigenvalue weighted by atomic mass is 10.3. The number of aromatic nitrogens is 3. The van der Waals surface area contributed by atoms with Crippen LogP contribution in [0.25, 0.3) is 16.9 Å². The fraction of sp³-hybridized carbons (Fsp3) is 0.143. The van der Waals surface area contributed by atoms with Crippen LogP contribution >= 0.6 is 0 Å². The summed E-state index contributed by atoms with van der Waals surface area (Å²) in [5.74, 6) is 1.74. The molecule has 0 bridgehead atoms. The number of rotatable bonds is 2. The molecule has 0 radical (unpaired) electrons. The Kier molecular flexibility index (Phi) is 2.48. The van der Waals surface area contributed by atoms with E-state index >= 15 is 0 Å². The molecule has 3 rings (SSSR count). The molecule has 1 aromatic carbocycles. The second kappa shape index (κ2) is 4.14. The summed E-state index contributed by atoms with van der Waals surface area (Å²) in [6, 6.07) is 11.7. The van der Waals surface area contributed by atoms with Crippen molar-refractivity contribution >= 4 is 11.2 Å². The number of nitrogens with zero attached hydrogens (tertiary/aromatic N) is 3. The zero-order chi connectivity index (χ0) is 12.5. The van der Waals surface area contributed by atoms with E-state index in [0.717, 1.165) is 28.4 Å². The highest BCUT2D eigenvalue weighted by molar-refractivity contribution is 5.73. The van der Waals surface area contributed by atoms with E-state index in [2.05, 4.69) is 9.97 Å². The van der Waals surface area contributed by atoms with Gasteiger partial charge in [-0.25, -0.2) is 9.97 Å². The smallest absolute Gasteiger partial charge is 0.164 e. The van der Waals surface area contributed by atoms with Gasteiger partial charge in [0, 0.05) is 12.3 Å². The number of benzene rings is 1. The number of hydrogen-bond donors (Lipinski definition) is 0. The third-order valence-electron chi connectivity index (χ3n) is 2.90. The van der Waals surface area contributed by atoms with Crippen molar-refractivity contribution in [3.63, 3.8) is 0 Å². The normalized spacial score (nSPS) is 10.8. The third-order valence-corrected chi connectivity index (χ3v) is 2.90. The van der Waals surface area contributed by atoms with Crippen LogP contribution in [0.4, 0.5) is 0 Å². The van der Waals surface area contributed by atoms with Crippen LogP contribution in [-0.4, -0.2) is 21.6 Å². The maximum Gasteiger partial charge on any atom is 0.164 e. The molecule has 0 unspecified atom stereocenters. The molecule has 0 saturated carbocycles. The molecule has 0 aliphatic rings. The fourth-order valence-electron chi connectivity index (χ4n) is 2.08. The van der Waals surface area contributed by atoms with E-state index < -0.39 is 0 Å². The SMILES string of the molecule is COc1cccc(-n2c(C)nc3cccnc32)c1. The first-order valence-electron chi connectivity index (χ1n) is 5.74. The first kappa shape index (κ1) is 10.8. The zero-order valence-electron chi connectivity index (χ0n) is 10.3. The van der Waals surface area contributed by atoms with Crippen molar-refractivity contribution in [3.05, 3.63) is 48.4 Å². The molecule has 0 aliphatic carbocycles. The van der Waals surface area contributed by atoms with E-state index in [1.165, 1.54) is 0 Å². The molecule has 2 aromatic heterocycles. The number of aryl methyl sites for hydroxylation is 1. The molecule has 4 heteroatoms. The van der Waals surface area contributed by atoms with Gasteiger partial charge in [0.25, 0.3) is 0 Å². The van der Waals surface area contributed by atoms with Gasteiger partial charge in [0.05, 0.1) is 12.8 Å². The van der Waals surface area contributed by atoms with Crippen LogP contribution in [0.15, 0.2) is 42.6 Å². The first-order chi connectivity index (χ1) is 8.79. The molecule has 0 aliphatic heterocycles. The molecule has 0 atom stereocenters. The Morgan fingerprint density at radius 3 is 2.89 bits per heavy atom. The minimum absolute atomic E-state index is 0.824. The number of pyridine rings is 1. The van der Waals surface area contributed by atoms with Gasteiger partial charge in [-0.05, 0) is 31.2 Å². The predicted octanol–water partition coefficient (Wildman–Crippen LogP) is 2.74. The van der Waals surface area contributed by atoms with Crippen LogP contribution in [0.1, 0.15) is 5.82 Å². The summed E-state index contributed by atoms with van der Waals surface area (Å²) >= 11 is 0. The van der Waals surface area contributed by atoms with Gasteiger partial charge >= 0.3 is 0 Å². The molecule has 0 amide bonds. The van der Waals surface area contributed by atoms with E-state index in [1.807, 2.05) is 47.9 Å². The van der Waals surface area contributed by atoms with Gasteiger partial charge in [-0.1, -0.05) is 6.07 Å². The van der Waals surface area contributed by atoms with Gasteiger partial charge in [0.15, 0.2) is 5.65 Å². The summed E-state index contributed by atoms with van der Waals surface area (Å²) in [5, 5.41) is 0. The Morgan fingerprint density at radius 1 is 1.17 bits per heavy atom. The lowest BCUT2D eigenvalue weighted by molar-refractivity contribution is 0.414. The molecule has 2 heterocycles. The second-order valence-electron chi connectivity index (χ2n) is 4.04. The average Bonchev–Trinajstić information content (AvgIpc) is 2.74. The maximum atomic E-state index is 5.25. The third kappa shape index (κ3) is 1.62. The second-order valence-corrected chi connectivity index (χ2v) is 4.04. The molecule has 18 heavy (non-hydrogen) atoms. The van der Waals surface area contributed by atoms with E-state index in [1.54, 1.807) is 13.3 Å². The highest BCUT2D eigenvalue weighted by Gasteiger charge is 2.10. The van der Waals surface area contributed by atoms with Crippen molar-refractivity contribution in [3.8, 4) is 11.4 Å². The Labute approximate surface area is 105 Å². The number of methoxy groups -OCH3 is 1. The monoisotopic (exact) mass is 239 g/mol. The Morgan fingerprint density at radius 2 is 2.06 bits per heavy atom. The van der Waals surface area contributed by atoms with Gasteiger partial charge in [-0.2, -0.15) is 0 Å². The van der Waals surface area contributed by atoms with Crippen molar-refractivity contribution in [1.29, 1.82) is 0 Å². The predicted molar refractivity (Wildman–Crippen MR) is 70.2 cm³/mol. The van der Waals surface area contributed by atoms with Crippen LogP contribution in [0.3, 0.4) is 0 Å². The molecule has 0 fully saturated rings. The largest absolute Gasteiger partial charge is 0.497 e. The zero-order valence-corrected chi connectivity index (χ0v) is 10.3. The molecule has 0 N–H and O–H groups in total. The molecule has 90 valence electrons. The topological polar surface area (TPSA) is 39.9 Å². The van der Waals surface area contributed by atoms with E-state index in [4.69, 9.17) is 4.74 Å². The Bertz CT molecular complexity index is 703. The summed E-state index contributed by atoms with van der Waals surface area (Å²) in [5.41, 5.74) is 2.77. The summed E-state index contributed by atoms with van der Waals surface area (Å²) < 4.78 is 7.28. The first-order valence-corrected chi connectivity index (χ1v) is 5.74. The molecular formula is C14H13N3O. The summed E-state index contributed by atoms with van der Waals surface area (Å²) in [6.07, 6.45) is 1.78. The van der Waals surface area contributed by atoms with Crippen molar-refractivity contribution in [2.24, 2.45) is 0 Å². The lowest BCUT2D eigenvalue weighted by Crippen LogP contribution is -1.98. The quantitative estimate of drug-likeness (QED) is 0.690. The highest BCUT2D eigenvalue weighted by atomic mass is 16.5.